The summed E-state index contributed by atoms with van der Waals surface area (Å²) >= 11 is 1.43. The first kappa shape index (κ1) is 23.2. The van der Waals surface area contributed by atoms with Crippen molar-refractivity contribution in [3.63, 3.8) is 0 Å². The topological polar surface area (TPSA) is 34.1 Å². The first-order valence-electron chi connectivity index (χ1n) is 10.9. The van der Waals surface area contributed by atoms with Gasteiger partial charge in [0.15, 0.2) is 0 Å². The number of alkyl halides is 3. The van der Waals surface area contributed by atoms with Crippen LogP contribution in [0.2, 0.25) is 0 Å². The van der Waals surface area contributed by atoms with E-state index in [4.69, 9.17) is 4.74 Å². The van der Waals surface area contributed by atoms with Crippen LogP contribution in [0.3, 0.4) is 0 Å². The predicted octanol–water partition coefficient (Wildman–Crippen LogP) is 6.69. The van der Waals surface area contributed by atoms with Gasteiger partial charge in [0, 0.05) is 17.6 Å². The van der Waals surface area contributed by atoms with Crippen molar-refractivity contribution < 1.29 is 17.9 Å². The van der Waals surface area contributed by atoms with Crippen molar-refractivity contribution in [3.05, 3.63) is 40.9 Å². The number of benzene rings is 1. The van der Waals surface area contributed by atoms with Gasteiger partial charge in [-0.05, 0) is 56.8 Å². The maximum absolute atomic E-state index is 12.7. The molecule has 1 atom stereocenters. The highest BCUT2D eigenvalue weighted by Crippen LogP contribution is 2.31. The molecule has 3 nitrogen and oxygen atoms in total. The fourth-order valence-corrected chi connectivity index (χ4v) is 4.62. The van der Waals surface area contributed by atoms with Crippen LogP contribution in [0.4, 0.5) is 13.2 Å². The molecule has 1 aromatic heterocycles. The molecule has 1 fully saturated rings. The Morgan fingerprint density at radius 2 is 1.87 bits per heavy atom. The van der Waals surface area contributed by atoms with Crippen LogP contribution in [0.25, 0.3) is 10.6 Å². The van der Waals surface area contributed by atoms with Gasteiger partial charge < -0.3 is 10.1 Å². The standard InChI is InChI=1S/C23H31F3N2OS/c24-23(25,26)20-11-9-19(10-12-20)22-28-21(17-30-22)16-29-14-6-2-1-3-7-18-8-4-5-13-27-15-18/h9-12,17-18,27H,1-8,13-16H2. The average molecular weight is 441 g/mol. The van der Waals surface area contributed by atoms with Crippen molar-refractivity contribution in [1.82, 2.24) is 10.3 Å². The number of halogens is 3. The molecule has 1 saturated heterocycles. The number of unbranched alkanes of at least 4 members (excludes halogenated alkanes) is 3. The third kappa shape index (κ3) is 7.67. The number of ether oxygens (including phenoxy) is 1. The molecular formula is C23H31F3N2OS. The minimum Gasteiger partial charge on any atom is -0.375 e. The van der Waals surface area contributed by atoms with Gasteiger partial charge in [-0.25, -0.2) is 4.98 Å². The van der Waals surface area contributed by atoms with E-state index in [1.54, 1.807) is 0 Å². The molecule has 166 valence electrons. The number of nitrogens with zero attached hydrogens (tertiary/aromatic N) is 1. The van der Waals surface area contributed by atoms with E-state index in [9.17, 15) is 13.2 Å². The fourth-order valence-electron chi connectivity index (χ4n) is 3.81. The zero-order valence-electron chi connectivity index (χ0n) is 17.3. The highest BCUT2D eigenvalue weighted by Gasteiger charge is 2.30. The van der Waals surface area contributed by atoms with Crippen LogP contribution in [0, 0.1) is 5.92 Å². The summed E-state index contributed by atoms with van der Waals surface area (Å²) in [5.74, 6) is 0.854. The number of hydrogen-bond acceptors (Lipinski definition) is 4. The van der Waals surface area contributed by atoms with Crippen LogP contribution in [-0.4, -0.2) is 24.7 Å². The normalized spacial score (nSPS) is 17.8. The summed E-state index contributed by atoms with van der Waals surface area (Å²) in [7, 11) is 0. The van der Waals surface area contributed by atoms with Crippen molar-refractivity contribution >= 4 is 11.3 Å². The Hall–Kier alpha value is -1.44. The zero-order chi connectivity index (χ0) is 21.2. The van der Waals surface area contributed by atoms with E-state index in [1.165, 1.54) is 81.5 Å². The molecular weight excluding hydrogens is 409 g/mol. The van der Waals surface area contributed by atoms with Gasteiger partial charge in [0.25, 0.3) is 0 Å². The second-order valence-electron chi connectivity index (χ2n) is 8.04. The van der Waals surface area contributed by atoms with Crippen molar-refractivity contribution in [1.29, 1.82) is 0 Å². The van der Waals surface area contributed by atoms with Crippen LogP contribution in [0.15, 0.2) is 29.6 Å². The predicted molar refractivity (Wildman–Crippen MR) is 116 cm³/mol. The van der Waals surface area contributed by atoms with Crippen LogP contribution in [-0.2, 0) is 17.5 Å². The summed E-state index contributed by atoms with van der Waals surface area (Å²) in [5.41, 5.74) is 0.885. The molecule has 1 unspecified atom stereocenters. The summed E-state index contributed by atoms with van der Waals surface area (Å²) in [6.07, 6.45) is 5.88. The molecule has 3 rings (SSSR count). The van der Waals surface area contributed by atoms with Crippen molar-refractivity contribution in [2.45, 2.75) is 64.1 Å². The van der Waals surface area contributed by atoms with Crippen LogP contribution in [0.1, 0.15) is 62.6 Å². The molecule has 0 spiro atoms. The summed E-state index contributed by atoms with van der Waals surface area (Å²) in [6, 6.07) is 5.13. The number of thiazole rings is 1. The van der Waals surface area contributed by atoms with Gasteiger partial charge in [0.1, 0.15) is 5.01 Å². The lowest BCUT2D eigenvalue weighted by molar-refractivity contribution is -0.137. The molecule has 1 aliphatic rings. The van der Waals surface area contributed by atoms with E-state index in [1.807, 2.05) is 5.38 Å². The Labute approximate surface area is 181 Å². The van der Waals surface area contributed by atoms with Gasteiger partial charge in [0.2, 0.25) is 0 Å². The third-order valence-electron chi connectivity index (χ3n) is 5.56. The second kappa shape index (κ2) is 11.8. The lowest BCUT2D eigenvalue weighted by Crippen LogP contribution is -2.20. The minimum absolute atomic E-state index is 0.449. The van der Waals surface area contributed by atoms with E-state index in [-0.39, 0.29) is 0 Å². The highest BCUT2D eigenvalue weighted by atomic mass is 32.1. The minimum atomic E-state index is -4.31. The zero-order valence-corrected chi connectivity index (χ0v) is 18.2. The lowest BCUT2D eigenvalue weighted by Gasteiger charge is -2.13. The van der Waals surface area contributed by atoms with Gasteiger partial charge in [-0.2, -0.15) is 13.2 Å². The Kier molecular flexibility index (Phi) is 9.15. The molecule has 0 aliphatic carbocycles. The summed E-state index contributed by atoms with van der Waals surface area (Å²) < 4.78 is 43.7. The van der Waals surface area contributed by atoms with Gasteiger partial charge >= 0.3 is 6.18 Å². The quantitative estimate of drug-likeness (QED) is 0.418. The maximum Gasteiger partial charge on any atom is 0.416 e. The first-order valence-corrected chi connectivity index (χ1v) is 11.8. The molecule has 2 aromatic rings. The fraction of sp³-hybridized carbons (Fsp3) is 0.609. The molecule has 1 aliphatic heterocycles. The van der Waals surface area contributed by atoms with Crippen LogP contribution >= 0.6 is 11.3 Å². The van der Waals surface area contributed by atoms with Gasteiger partial charge in [-0.3, -0.25) is 0 Å². The van der Waals surface area contributed by atoms with Crippen molar-refractivity contribution in [3.8, 4) is 10.6 Å². The van der Waals surface area contributed by atoms with Crippen molar-refractivity contribution in [2.24, 2.45) is 5.92 Å². The number of hydrogen-bond donors (Lipinski definition) is 1. The Morgan fingerprint density at radius 3 is 2.67 bits per heavy atom. The Morgan fingerprint density at radius 1 is 1.07 bits per heavy atom. The SMILES string of the molecule is FC(F)(F)c1ccc(-c2nc(COCCCCCCC3CCCCNC3)cs2)cc1. The van der Waals surface area contributed by atoms with E-state index in [0.717, 1.165) is 41.8 Å². The van der Waals surface area contributed by atoms with E-state index < -0.39 is 11.7 Å². The molecule has 0 amide bonds. The Bertz CT molecular complexity index is 738. The van der Waals surface area contributed by atoms with Gasteiger partial charge in [-0.1, -0.05) is 37.8 Å². The highest BCUT2D eigenvalue weighted by molar-refractivity contribution is 7.13. The van der Waals surface area contributed by atoms with Crippen LogP contribution in [0.5, 0.6) is 0 Å². The number of rotatable bonds is 10. The van der Waals surface area contributed by atoms with Crippen LogP contribution < -0.4 is 5.32 Å². The molecule has 0 radical (unpaired) electrons. The third-order valence-corrected chi connectivity index (χ3v) is 6.50. The maximum atomic E-state index is 12.7. The van der Waals surface area contributed by atoms with Crippen molar-refractivity contribution in [2.75, 3.05) is 19.7 Å². The lowest BCUT2D eigenvalue weighted by atomic mass is 9.96. The van der Waals surface area contributed by atoms with E-state index in [0.29, 0.717) is 12.2 Å². The van der Waals surface area contributed by atoms with Gasteiger partial charge in [0.05, 0.1) is 17.9 Å². The monoisotopic (exact) mass is 440 g/mol. The molecule has 2 heterocycles. The first-order chi connectivity index (χ1) is 14.5. The molecule has 1 aromatic carbocycles. The number of aromatic nitrogens is 1. The molecule has 1 N–H and O–H groups in total. The molecule has 0 saturated carbocycles. The molecule has 30 heavy (non-hydrogen) atoms. The average Bonchev–Trinajstić information content (AvgIpc) is 3.05. The smallest absolute Gasteiger partial charge is 0.375 e. The van der Waals surface area contributed by atoms with Gasteiger partial charge in [-0.15, -0.1) is 11.3 Å². The summed E-state index contributed by atoms with van der Waals surface area (Å²) in [5, 5.41) is 6.16. The summed E-state index contributed by atoms with van der Waals surface area (Å²) in [6.45, 7) is 3.53. The molecule has 0 bridgehead atoms. The second-order valence-corrected chi connectivity index (χ2v) is 8.90. The largest absolute Gasteiger partial charge is 0.416 e. The molecule has 7 heteroatoms. The summed E-state index contributed by atoms with van der Waals surface area (Å²) in [4.78, 5) is 4.49. The van der Waals surface area contributed by atoms with E-state index in [2.05, 4.69) is 10.3 Å². The van der Waals surface area contributed by atoms with E-state index >= 15 is 0 Å². The number of nitrogens with one attached hydrogen (secondary N) is 1. The Balaban J connectivity index is 1.28.